The highest BCUT2D eigenvalue weighted by Gasteiger charge is 2.46. The molecule has 1 N–H and O–H groups in total. The van der Waals surface area contributed by atoms with Gasteiger partial charge in [-0.2, -0.15) is 0 Å². The molecule has 4 rings (SSSR count). The van der Waals surface area contributed by atoms with Gasteiger partial charge in [-0.1, -0.05) is 41.6 Å². The first-order valence-electron chi connectivity index (χ1n) is 10.0. The molecule has 1 heterocycles. The molecule has 30 heavy (non-hydrogen) atoms. The van der Waals surface area contributed by atoms with E-state index in [1.54, 1.807) is 24.1 Å². The van der Waals surface area contributed by atoms with Gasteiger partial charge in [-0.15, -0.1) is 0 Å². The van der Waals surface area contributed by atoms with E-state index in [9.17, 15) is 9.59 Å². The maximum atomic E-state index is 13.1. The molecule has 2 aromatic rings. The van der Waals surface area contributed by atoms with Crippen molar-refractivity contribution in [1.82, 2.24) is 4.90 Å². The van der Waals surface area contributed by atoms with Crippen LogP contribution in [0, 0.1) is 13.8 Å². The molecule has 0 bridgehead atoms. The number of aryl methyl sites for hydroxylation is 2. The summed E-state index contributed by atoms with van der Waals surface area (Å²) in [7, 11) is 1.56. The van der Waals surface area contributed by atoms with E-state index in [0.717, 1.165) is 24.1 Å². The summed E-state index contributed by atoms with van der Waals surface area (Å²) >= 11 is 1.39. The van der Waals surface area contributed by atoms with Gasteiger partial charge in [-0.25, -0.2) is 4.99 Å². The third-order valence-electron chi connectivity index (χ3n) is 5.20. The number of thioether (sulfide) groups is 1. The molecule has 0 radical (unpaired) electrons. The molecule has 2 fully saturated rings. The quantitative estimate of drug-likeness (QED) is 0.746. The molecule has 0 unspecified atom stereocenters. The third kappa shape index (κ3) is 4.36. The minimum atomic E-state index is -0.468. The van der Waals surface area contributed by atoms with Crippen LogP contribution in [0.15, 0.2) is 47.5 Å². The van der Waals surface area contributed by atoms with Crippen molar-refractivity contribution in [1.29, 1.82) is 0 Å². The second kappa shape index (κ2) is 8.52. The SMILES string of the molecule is COc1ccccc1NC(=O)C[C@H]1SC(=Nc2ccc(C)cc2C)N(C2CC2)C1=O. The summed E-state index contributed by atoms with van der Waals surface area (Å²) in [6.45, 7) is 4.07. The number of nitrogens with zero attached hydrogens (tertiary/aromatic N) is 2. The van der Waals surface area contributed by atoms with Gasteiger partial charge in [-0.05, 0) is 50.5 Å². The van der Waals surface area contributed by atoms with Crippen LogP contribution in [0.3, 0.4) is 0 Å². The van der Waals surface area contributed by atoms with E-state index in [1.807, 2.05) is 38.1 Å². The smallest absolute Gasteiger partial charge is 0.242 e. The molecular weight excluding hydrogens is 398 g/mol. The summed E-state index contributed by atoms with van der Waals surface area (Å²) in [6.07, 6.45) is 2.06. The van der Waals surface area contributed by atoms with E-state index in [0.29, 0.717) is 16.6 Å². The highest BCUT2D eigenvalue weighted by Crippen LogP contribution is 2.40. The predicted octanol–water partition coefficient (Wildman–Crippen LogP) is 4.43. The van der Waals surface area contributed by atoms with Crippen molar-refractivity contribution in [2.45, 2.75) is 44.4 Å². The number of nitrogens with one attached hydrogen (secondary N) is 1. The Morgan fingerprint density at radius 3 is 2.70 bits per heavy atom. The largest absolute Gasteiger partial charge is 0.495 e. The maximum Gasteiger partial charge on any atom is 0.242 e. The van der Waals surface area contributed by atoms with E-state index in [1.165, 1.54) is 17.3 Å². The van der Waals surface area contributed by atoms with Gasteiger partial charge in [0, 0.05) is 12.5 Å². The first-order chi connectivity index (χ1) is 14.5. The Kier molecular flexibility index (Phi) is 5.81. The fourth-order valence-corrected chi connectivity index (χ4v) is 4.72. The number of para-hydroxylation sites is 2. The van der Waals surface area contributed by atoms with Crippen molar-refractivity contribution < 1.29 is 14.3 Å². The predicted molar refractivity (Wildman–Crippen MR) is 120 cm³/mol. The molecule has 2 aliphatic rings. The number of amides is 2. The lowest BCUT2D eigenvalue weighted by atomic mass is 10.1. The molecule has 156 valence electrons. The first kappa shape index (κ1) is 20.5. The van der Waals surface area contributed by atoms with Crippen molar-refractivity contribution in [3.8, 4) is 5.75 Å². The number of carbonyl (C=O) groups excluding carboxylic acids is 2. The zero-order valence-electron chi connectivity index (χ0n) is 17.3. The van der Waals surface area contributed by atoms with Crippen molar-refractivity contribution in [3.05, 3.63) is 53.6 Å². The molecular formula is C23H25N3O3S. The highest BCUT2D eigenvalue weighted by atomic mass is 32.2. The molecule has 1 atom stereocenters. The molecule has 1 aliphatic heterocycles. The van der Waals surface area contributed by atoms with Gasteiger partial charge >= 0.3 is 0 Å². The Balaban J connectivity index is 1.51. The number of benzene rings is 2. The molecule has 1 saturated heterocycles. The lowest BCUT2D eigenvalue weighted by Crippen LogP contribution is -2.35. The number of methoxy groups -OCH3 is 1. The number of carbonyl (C=O) groups is 2. The third-order valence-corrected chi connectivity index (χ3v) is 6.35. The van der Waals surface area contributed by atoms with E-state index >= 15 is 0 Å². The van der Waals surface area contributed by atoms with Crippen LogP contribution >= 0.6 is 11.8 Å². The molecule has 2 aromatic carbocycles. The van der Waals surface area contributed by atoms with Crippen molar-refractivity contribution in [2.75, 3.05) is 12.4 Å². The fourth-order valence-electron chi connectivity index (χ4n) is 3.51. The number of aliphatic imine (C=N–C) groups is 1. The lowest BCUT2D eigenvalue weighted by Gasteiger charge is -2.15. The zero-order chi connectivity index (χ0) is 21.3. The Morgan fingerprint density at radius 2 is 2.00 bits per heavy atom. The van der Waals surface area contributed by atoms with Gasteiger partial charge in [-0.3, -0.25) is 14.5 Å². The Morgan fingerprint density at radius 1 is 1.23 bits per heavy atom. The van der Waals surface area contributed by atoms with Gasteiger partial charge in [0.2, 0.25) is 11.8 Å². The van der Waals surface area contributed by atoms with Crippen LogP contribution in [0.4, 0.5) is 11.4 Å². The van der Waals surface area contributed by atoms with Gasteiger partial charge in [0.15, 0.2) is 5.17 Å². The maximum absolute atomic E-state index is 13.1. The first-order valence-corrected chi connectivity index (χ1v) is 10.9. The van der Waals surface area contributed by atoms with Crippen LogP contribution in [-0.2, 0) is 9.59 Å². The van der Waals surface area contributed by atoms with Crippen LogP contribution < -0.4 is 10.1 Å². The number of rotatable bonds is 6. The number of ether oxygens (including phenoxy) is 1. The van der Waals surface area contributed by atoms with Crippen LogP contribution in [0.25, 0.3) is 0 Å². The van der Waals surface area contributed by atoms with E-state index in [2.05, 4.69) is 11.4 Å². The van der Waals surface area contributed by atoms with Crippen LogP contribution in [-0.4, -0.2) is 40.3 Å². The van der Waals surface area contributed by atoms with Crippen molar-refractivity contribution >= 4 is 40.1 Å². The van der Waals surface area contributed by atoms with Gasteiger partial charge in [0.05, 0.1) is 18.5 Å². The second-order valence-electron chi connectivity index (χ2n) is 7.68. The summed E-state index contributed by atoms with van der Waals surface area (Å²) in [6, 6.07) is 13.5. The average molecular weight is 424 g/mol. The van der Waals surface area contributed by atoms with Crippen molar-refractivity contribution in [3.63, 3.8) is 0 Å². The summed E-state index contributed by atoms with van der Waals surface area (Å²) in [4.78, 5) is 32.3. The molecule has 7 heteroatoms. The number of amidine groups is 1. The zero-order valence-corrected chi connectivity index (χ0v) is 18.2. The normalized spacial score (nSPS) is 20.0. The minimum absolute atomic E-state index is 0.0267. The van der Waals surface area contributed by atoms with Gasteiger partial charge in [0.25, 0.3) is 0 Å². The van der Waals surface area contributed by atoms with Crippen LogP contribution in [0.5, 0.6) is 5.75 Å². The number of hydrogen-bond acceptors (Lipinski definition) is 5. The monoisotopic (exact) mass is 423 g/mol. The average Bonchev–Trinajstić information content (AvgIpc) is 3.50. The summed E-state index contributed by atoms with van der Waals surface area (Å²) < 4.78 is 5.28. The summed E-state index contributed by atoms with van der Waals surface area (Å²) in [5.41, 5.74) is 3.71. The molecule has 0 aromatic heterocycles. The molecule has 0 spiro atoms. The number of anilines is 1. The Hall–Kier alpha value is -2.80. The molecule has 6 nitrogen and oxygen atoms in total. The molecule has 1 aliphatic carbocycles. The Bertz CT molecular complexity index is 1020. The fraction of sp³-hybridized carbons (Fsp3) is 0.348. The van der Waals surface area contributed by atoms with E-state index < -0.39 is 5.25 Å². The van der Waals surface area contributed by atoms with E-state index in [4.69, 9.17) is 9.73 Å². The van der Waals surface area contributed by atoms with Crippen molar-refractivity contribution in [2.24, 2.45) is 4.99 Å². The topological polar surface area (TPSA) is 71.0 Å². The van der Waals surface area contributed by atoms with Gasteiger partial charge < -0.3 is 10.1 Å². The molecule has 2 amide bonds. The standard InChI is InChI=1S/C23H25N3O3S/c1-14-8-11-17(15(2)12-14)25-23-26(16-9-10-16)22(28)20(30-23)13-21(27)24-18-6-4-5-7-19(18)29-3/h4-8,11-12,16,20H,9-10,13H2,1-3H3,(H,24,27)/t20-/m1/s1. The van der Waals surface area contributed by atoms with Crippen LogP contribution in [0.1, 0.15) is 30.4 Å². The van der Waals surface area contributed by atoms with Crippen LogP contribution in [0.2, 0.25) is 0 Å². The molecule has 1 saturated carbocycles. The minimum Gasteiger partial charge on any atom is -0.495 e. The Labute approximate surface area is 180 Å². The summed E-state index contributed by atoms with van der Waals surface area (Å²) in [5, 5.41) is 3.09. The van der Waals surface area contributed by atoms with E-state index in [-0.39, 0.29) is 24.3 Å². The number of hydrogen-bond donors (Lipinski definition) is 1. The second-order valence-corrected chi connectivity index (χ2v) is 8.85. The van der Waals surface area contributed by atoms with Gasteiger partial charge in [0.1, 0.15) is 11.0 Å². The summed E-state index contributed by atoms with van der Waals surface area (Å²) in [5.74, 6) is 0.350. The lowest BCUT2D eigenvalue weighted by molar-refractivity contribution is -0.128. The highest BCUT2D eigenvalue weighted by molar-refractivity contribution is 8.15.